The third-order valence-corrected chi connectivity index (χ3v) is 14.9. The molecule has 66 heavy (non-hydrogen) atoms. The maximum absolute atomic E-state index is 14.0. The Bertz CT molecular complexity index is 1950. The van der Waals surface area contributed by atoms with Crippen molar-refractivity contribution in [2.75, 3.05) is 63.2 Å². The first-order valence-electron chi connectivity index (χ1n) is 24.8. The summed E-state index contributed by atoms with van der Waals surface area (Å²) in [7, 11) is 3.41. The largest absolute Gasteiger partial charge is 0.368 e. The van der Waals surface area contributed by atoms with Crippen molar-refractivity contribution in [3.63, 3.8) is 0 Å². The van der Waals surface area contributed by atoms with Gasteiger partial charge in [0.25, 0.3) is 0 Å². The van der Waals surface area contributed by atoms with E-state index in [0.717, 1.165) is 88.7 Å². The van der Waals surface area contributed by atoms with Gasteiger partial charge in [-0.25, -0.2) is 0 Å². The number of carbonyl (C=O) groups excluding carboxylic acids is 6. The molecule has 2 unspecified atom stereocenters. The van der Waals surface area contributed by atoms with Gasteiger partial charge in [0, 0.05) is 50.6 Å². The first kappa shape index (κ1) is 48.7. The van der Waals surface area contributed by atoms with E-state index in [0.29, 0.717) is 38.8 Å². The molecule has 2 aliphatic carbocycles. The summed E-state index contributed by atoms with van der Waals surface area (Å²) in [6.07, 6.45) is 9.01. The second kappa shape index (κ2) is 22.1. The molecule has 16 heteroatoms. The van der Waals surface area contributed by atoms with Gasteiger partial charge in [0.15, 0.2) is 0 Å². The predicted octanol–water partition coefficient (Wildman–Crippen LogP) is 2.99. The highest BCUT2D eigenvalue weighted by atomic mass is 16.2. The highest BCUT2D eigenvalue weighted by Gasteiger charge is 2.41. The van der Waals surface area contributed by atoms with E-state index in [1.54, 1.807) is 37.7 Å². The number of fused-ring (bicyclic) bond motifs is 2. The van der Waals surface area contributed by atoms with Gasteiger partial charge < -0.3 is 51.5 Å². The van der Waals surface area contributed by atoms with E-state index < -0.39 is 36.3 Å². The quantitative estimate of drug-likeness (QED) is 0.146. The van der Waals surface area contributed by atoms with E-state index in [1.807, 2.05) is 13.8 Å². The third kappa shape index (κ3) is 10.5. The summed E-state index contributed by atoms with van der Waals surface area (Å²) in [6, 6.07) is 9.27. The van der Waals surface area contributed by atoms with Crippen molar-refractivity contribution in [1.82, 2.24) is 41.7 Å². The van der Waals surface area contributed by atoms with Crippen LogP contribution in [-0.2, 0) is 41.6 Å². The number of nitrogens with zero attached hydrogens (tertiary/aromatic N) is 4. The predicted molar refractivity (Wildman–Crippen MR) is 256 cm³/mol. The lowest BCUT2D eigenvalue weighted by Crippen LogP contribution is -2.55. The van der Waals surface area contributed by atoms with Crippen LogP contribution in [0.4, 0.5) is 11.4 Å². The summed E-state index contributed by atoms with van der Waals surface area (Å²) in [6.45, 7) is 11.6. The topological polar surface area (TPSA) is 188 Å². The lowest BCUT2D eigenvalue weighted by molar-refractivity contribution is -0.141. The maximum Gasteiger partial charge on any atom is 0.245 e. The van der Waals surface area contributed by atoms with Gasteiger partial charge >= 0.3 is 0 Å². The van der Waals surface area contributed by atoms with Crippen molar-refractivity contribution in [3.8, 4) is 0 Å². The molecule has 3 saturated heterocycles. The first-order chi connectivity index (χ1) is 31.9. The molecule has 16 nitrogen and oxygen atoms in total. The van der Waals surface area contributed by atoms with Gasteiger partial charge in [0.05, 0.1) is 24.2 Å². The van der Waals surface area contributed by atoms with E-state index in [-0.39, 0.29) is 47.5 Å². The lowest BCUT2D eigenvalue weighted by Gasteiger charge is -2.41. The van der Waals surface area contributed by atoms with Crippen LogP contribution in [0.1, 0.15) is 126 Å². The van der Waals surface area contributed by atoms with E-state index in [4.69, 9.17) is 0 Å². The Labute approximate surface area is 391 Å². The van der Waals surface area contributed by atoms with Crippen LogP contribution in [0.15, 0.2) is 36.4 Å². The van der Waals surface area contributed by atoms with Crippen molar-refractivity contribution < 1.29 is 28.8 Å². The van der Waals surface area contributed by atoms with Crippen LogP contribution in [-0.4, -0.2) is 135 Å². The van der Waals surface area contributed by atoms with E-state index >= 15 is 0 Å². The molecule has 0 aromatic heterocycles. The van der Waals surface area contributed by atoms with Crippen LogP contribution in [0.5, 0.6) is 0 Å². The van der Waals surface area contributed by atoms with Crippen LogP contribution < -0.4 is 41.7 Å². The zero-order valence-corrected chi connectivity index (χ0v) is 40.0. The summed E-state index contributed by atoms with van der Waals surface area (Å²) in [5, 5.41) is 18.3. The van der Waals surface area contributed by atoms with Crippen molar-refractivity contribution in [2.24, 2.45) is 0 Å². The Morgan fingerprint density at radius 1 is 0.561 bits per heavy atom. The molecule has 3 aliphatic heterocycles. The van der Waals surface area contributed by atoms with Crippen LogP contribution in [0.3, 0.4) is 0 Å². The Balaban J connectivity index is 0.974. The molecule has 2 aromatic carbocycles. The van der Waals surface area contributed by atoms with Crippen LogP contribution in [0.25, 0.3) is 0 Å². The van der Waals surface area contributed by atoms with Gasteiger partial charge in [0.1, 0.15) is 24.2 Å². The van der Waals surface area contributed by atoms with E-state index in [1.165, 1.54) is 22.5 Å². The number of piperazine rings is 1. The molecule has 6 N–H and O–H groups in total. The zero-order valence-electron chi connectivity index (χ0n) is 40.0. The monoisotopic (exact) mass is 911 g/mol. The Morgan fingerprint density at radius 3 is 1.32 bits per heavy atom. The molecule has 360 valence electrons. The number of rotatable bonds is 16. The molecule has 8 atom stereocenters. The molecule has 0 spiro atoms. The summed E-state index contributed by atoms with van der Waals surface area (Å²) >= 11 is 0. The molecular weight excluding hydrogens is 837 g/mol. The van der Waals surface area contributed by atoms with Crippen LogP contribution >= 0.6 is 0 Å². The smallest absolute Gasteiger partial charge is 0.245 e. The molecule has 0 bridgehead atoms. The summed E-state index contributed by atoms with van der Waals surface area (Å²) in [4.78, 5) is 88.9. The highest BCUT2D eigenvalue weighted by Crippen LogP contribution is 2.39. The number of carbonyl (C=O) groups is 6. The maximum atomic E-state index is 14.0. The fourth-order valence-corrected chi connectivity index (χ4v) is 10.8. The highest BCUT2D eigenvalue weighted by molar-refractivity contribution is 5.94. The number of likely N-dealkylation sites (N-methyl/N-ethyl adjacent to an activating group) is 2. The van der Waals surface area contributed by atoms with Gasteiger partial charge in [0.2, 0.25) is 35.4 Å². The van der Waals surface area contributed by atoms with Gasteiger partial charge in [-0.15, -0.1) is 0 Å². The first-order valence-corrected chi connectivity index (χ1v) is 24.8. The van der Waals surface area contributed by atoms with Crippen molar-refractivity contribution >= 4 is 46.8 Å². The summed E-state index contributed by atoms with van der Waals surface area (Å²) < 4.78 is 0. The molecule has 0 saturated carbocycles. The number of likely N-dealkylation sites (tertiary alicyclic amines) is 2. The number of nitrogens with one attached hydrogen (secondary N) is 6. The normalized spacial score (nSPS) is 23.5. The van der Waals surface area contributed by atoms with Crippen LogP contribution in [0.2, 0.25) is 0 Å². The minimum atomic E-state index is -0.680. The molecule has 3 fully saturated rings. The van der Waals surface area contributed by atoms with Crippen molar-refractivity contribution in [1.29, 1.82) is 0 Å². The average Bonchev–Trinajstić information content (AvgIpc) is 4.05. The van der Waals surface area contributed by atoms with Gasteiger partial charge in [-0.3, -0.25) is 28.8 Å². The minimum Gasteiger partial charge on any atom is -0.368 e. The number of hydrogen-bond donors (Lipinski definition) is 6. The average molecular weight is 911 g/mol. The minimum absolute atomic E-state index is 0.131. The molecule has 3 heterocycles. The number of anilines is 2. The SMILES string of the molecule is CC[C@H](NC(=O)[C@H](C)NC)C(=O)N1CCCC1C(=O)N[C@@H]1CCCc2c1cccc2N1CCN(c2cccc3c2CCC[C@H]3NC(=O)C2CCCN2C(=O)[C@H](CC)NC(=O)[C@H](C)NC)CC1. The van der Waals surface area contributed by atoms with Gasteiger partial charge in [-0.05, 0) is 139 Å². The standard InChI is InChI=1S/C50H74N10O6/c1-7-37(53-45(61)31(3)51-5)49(65)59-25-13-23-43(59)47(63)55-39-19-9-17-35-33(39)15-11-21-41(35)57-27-29-58(30-28-57)42-22-12-16-34-36(42)18-10-20-40(34)56-48(64)44-24-14-26-60(44)50(66)38(8-2)54-46(62)32(4)52-6/h11-12,15-16,21-22,31-32,37-40,43-44,51-52H,7-10,13-14,17-20,23-30H2,1-6H3,(H,53,61)(H,54,62)(H,55,63)(H,56,64)/t31-,32-,37-,38-,39+,40+,43?,44?/m0/s1. The van der Waals surface area contributed by atoms with Gasteiger partial charge in [-0.2, -0.15) is 0 Å². The molecule has 7 rings (SSSR count). The number of amides is 6. The second-order valence-corrected chi connectivity index (χ2v) is 18.9. The Kier molecular flexibility index (Phi) is 16.3. The lowest BCUT2D eigenvalue weighted by atomic mass is 9.85. The fraction of sp³-hybridized carbons (Fsp3) is 0.640. The molecule has 0 radical (unpaired) electrons. The summed E-state index contributed by atoms with van der Waals surface area (Å²) in [5.41, 5.74) is 7.31. The van der Waals surface area contributed by atoms with E-state index in [9.17, 15) is 28.8 Å². The van der Waals surface area contributed by atoms with Crippen molar-refractivity contribution in [3.05, 3.63) is 58.7 Å². The van der Waals surface area contributed by atoms with Gasteiger partial charge in [-0.1, -0.05) is 38.1 Å². The molecule has 6 amide bonds. The molecular formula is C50H74N10O6. The molecule has 5 aliphatic rings. The third-order valence-electron chi connectivity index (χ3n) is 14.9. The molecule has 2 aromatic rings. The zero-order chi connectivity index (χ0) is 47.1. The van der Waals surface area contributed by atoms with E-state index in [2.05, 4.69) is 78.1 Å². The summed E-state index contributed by atoms with van der Waals surface area (Å²) in [5.74, 6) is -1.14. The number of benzene rings is 2. The Hall–Kier alpha value is -5.22. The Morgan fingerprint density at radius 2 is 0.955 bits per heavy atom. The van der Waals surface area contributed by atoms with Crippen LogP contribution in [0, 0.1) is 0 Å². The second-order valence-electron chi connectivity index (χ2n) is 18.9. The van der Waals surface area contributed by atoms with Crippen molar-refractivity contribution in [2.45, 2.75) is 153 Å². The number of hydrogen-bond acceptors (Lipinski definition) is 10. The fourth-order valence-electron chi connectivity index (χ4n) is 10.8.